The van der Waals surface area contributed by atoms with E-state index >= 15 is 0 Å². The lowest BCUT2D eigenvalue weighted by molar-refractivity contribution is -0.140. The summed E-state index contributed by atoms with van der Waals surface area (Å²) in [6.45, 7) is 5.87. The highest BCUT2D eigenvalue weighted by atomic mass is 32.2. The van der Waals surface area contributed by atoms with E-state index in [1.165, 1.54) is 16.7 Å². The molecule has 0 radical (unpaired) electrons. The molecule has 1 fully saturated rings. The molecule has 2 rings (SSSR count). The number of thioether (sulfide) groups is 1. The number of hydrogen-bond acceptors (Lipinski definition) is 3. The molecule has 1 aliphatic rings. The van der Waals surface area contributed by atoms with Gasteiger partial charge in [-0.05, 0) is 31.9 Å². The van der Waals surface area contributed by atoms with Crippen molar-refractivity contribution < 1.29 is 14.7 Å². The topological polar surface area (TPSA) is 69.6 Å². The predicted molar refractivity (Wildman–Crippen MR) is 80.3 cm³/mol. The van der Waals surface area contributed by atoms with E-state index in [9.17, 15) is 9.59 Å². The number of anilines is 1. The van der Waals surface area contributed by atoms with Gasteiger partial charge in [0.05, 0.1) is 5.88 Å². The molecule has 1 aliphatic heterocycles. The van der Waals surface area contributed by atoms with Crippen LogP contribution in [0.1, 0.15) is 16.7 Å². The van der Waals surface area contributed by atoms with Gasteiger partial charge in [0.2, 0.25) is 0 Å². The second kappa shape index (κ2) is 5.75. The number of aryl methyl sites for hydroxylation is 3. The molecule has 1 atom stereocenters. The summed E-state index contributed by atoms with van der Waals surface area (Å²) in [6.07, 6.45) is 0. The number of benzene rings is 1. The maximum atomic E-state index is 12.3. The third-order valence-electron chi connectivity index (χ3n) is 3.34. The molecule has 0 saturated carbocycles. The minimum Gasteiger partial charge on any atom is -0.480 e. The second-order valence-electron chi connectivity index (χ2n) is 5.03. The zero-order chi connectivity index (χ0) is 14.9. The van der Waals surface area contributed by atoms with Crippen LogP contribution in [-0.2, 0) is 4.79 Å². The zero-order valence-corrected chi connectivity index (χ0v) is 12.6. The number of carbonyl (C=O) groups is 2. The summed E-state index contributed by atoms with van der Waals surface area (Å²) in [5.41, 5.74) is 3.86. The quantitative estimate of drug-likeness (QED) is 0.879. The third kappa shape index (κ3) is 2.90. The van der Waals surface area contributed by atoms with Gasteiger partial charge < -0.3 is 15.3 Å². The molecule has 1 unspecified atom stereocenters. The van der Waals surface area contributed by atoms with Crippen molar-refractivity contribution in [2.24, 2.45) is 0 Å². The first kappa shape index (κ1) is 14.7. The van der Waals surface area contributed by atoms with Crippen LogP contribution >= 0.6 is 11.8 Å². The number of amides is 2. The monoisotopic (exact) mass is 294 g/mol. The lowest BCUT2D eigenvalue weighted by Crippen LogP contribution is -2.44. The molecule has 108 valence electrons. The molecule has 0 bridgehead atoms. The summed E-state index contributed by atoms with van der Waals surface area (Å²) in [5.74, 6) is -0.107. The number of aliphatic carboxylic acids is 1. The van der Waals surface area contributed by atoms with Gasteiger partial charge in [0.1, 0.15) is 6.04 Å². The fraction of sp³-hybridized carbons (Fsp3) is 0.429. The van der Waals surface area contributed by atoms with Crippen LogP contribution in [0.15, 0.2) is 12.1 Å². The molecule has 0 aliphatic carbocycles. The van der Waals surface area contributed by atoms with Crippen molar-refractivity contribution in [1.29, 1.82) is 0 Å². The van der Waals surface area contributed by atoms with Crippen molar-refractivity contribution in [1.82, 2.24) is 4.90 Å². The third-order valence-corrected chi connectivity index (χ3v) is 4.35. The number of carbonyl (C=O) groups excluding carboxylic acids is 1. The Balaban J connectivity index is 2.18. The molecular formula is C14H18N2O3S. The average Bonchev–Trinajstić information content (AvgIpc) is 2.82. The van der Waals surface area contributed by atoms with Crippen molar-refractivity contribution in [3.05, 3.63) is 28.8 Å². The maximum absolute atomic E-state index is 12.3. The van der Waals surface area contributed by atoms with Crippen LogP contribution in [-0.4, -0.2) is 39.7 Å². The lowest BCUT2D eigenvalue weighted by Gasteiger charge is -2.22. The van der Waals surface area contributed by atoms with Crippen LogP contribution in [0.5, 0.6) is 0 Å². The van der Waals surface area contributed by atoms with Crippen LogP contribution < -0.4 is 5.32 Å². The molecule has 1 aromatic rings. The Hall–Kier alpha value is -1.69. The number of nitrogens with zero attached hydrogens (tertiary/aromatic N) is 1. The van der Waals surface area contributed by atoms with E-state index in [0.717, 1.165) is 22.4 Å². The van der Waals surface area contributed by atoms with Crippen LogP contribution in [0.2, 0.25) is 0 Å². The van der Waals surface area contributed by atoms with Crippen molar-refractivity contribution in [3.63, 3.8) is 0 Å². The molecule has 1 saturated heterocycles. The molecule has 5 nitrogen and oxygen atoms in total. The SMILES string of the molecule is Cc1cc(C)c(NC(=O)N2CSCC2C(=O)O)c(C)c1. The first-order valence-electron chi connectivity index (χ1n) is 6.36. The highest BCUT2D eigenvalue weighted by molar-refractivity contribution is 7.99. The van der Waals surface area contributed by atoms with Crippen molar-refractivity contribution in [2.75, 3.05) is 16.9 Å². The Morgan fingerprint density at radius 1 is 1.30 bits per heavy atom. The first-order valence-corrected chi connectivity index (χ1v) is 7.51. The van der Waals surface area contributed by atoms with E-state index in [2.05, 4.69) is 5.32 Å². The van der Waals surface area contributed by atoms with E-state index in [1.807, 2.05) is 32.9 Å². The van der Waals surface area contributed by atoms with Gasteiger partial charge in [-0.3, -0.25) is 0 Å². The highest BCUT2D eigenvalue weighted by Gasteiger charge is 2.34. The van der Waals surface area contributed by atoms with Gasteiger partial charge >= 0.3 is 12.0 Å². The normalized spacial score (nSPS) is 18.1. The lowest BCUT2D eigenvalue weighted by atomic mass is 10.1. The smallest absolute Gasteiger partial charge is 0.327 e. The average molecular weight is 294 g/mol. The molecule has 20 heavy (non-hydrogen) atoms. The Morgan fingerprint density at radius 2 is 1.90 bits per heavy atom. The van der Waals surface area contributed by atoms with E-state index in [0.29, 0.717) is 11.6 Å². The Morgan fingerprint density at radius 3 is 2.45 bits per heavy atom. The zero-order valence-electron chi connectivity index (χ0n) is 11.8. The van der Waals surface area contributed by atoms with Crippen molar-refractivity contribution >= 4 is 29.4 Å². The fourth-order valence-electron chi connectivity index (χ4n) is 2.40. The van der Waals surface area contributed by atoms with Crippen LogP contribution in [0.25, 0.3) is 0 Å². The van der Waals surface area contributed by atoms with Gasteiger partial charge in [-0.25, -0.2) is 9.59 Å². The van der Waals surface area contributed by atoms with Crippen molar-refractivity contribution in [2.45, 2.75) is 26.8 Å². The molecule has 1 heterocycles. The maximum Gasteiger partial charge on any atom is 0.327 e. The molecule has 2 amide bonds. The van der Waals surface area contributed by atoms with Crippen molar-refractivity contribution in [3.8, 4) is 0 Å². The number of hydrogen-bond donors (Lipinski definition) is 2. The van der Waals surface area contributed by atoms with Gasteiger partial charge in [-0.1, -0.05) is 17.7 Å². The standard InChI is InChI=1S/C14H18N2O3S/c1-8-4-9(2)12(10(3)5-8)15-14(19)16-7-20-6-11(16)13(17)18/h4-5,11H,6-7H2,1-3H3,(H,15,19)(H,17,18). The fourth-order valence-corrected chi connectivity index (χ4v) is 3.55. The Kier molecular flexibility index (Phi) is 4.23. The predicted octanol–water partition coefficient (Wildman–Crippen LogP) is 2.60. The Bertz CT molecular complexity index is 536. The Labute approximate surface area is 122 Å². The largest absolute Gasteiger partial charge is 0.480 e. The molecule has 6 heteroatoms. The molecule has 0 spiro atoms. The van der Waals surface area contributed by atoms with E-state index in [-0.39, 0.29) is 6.03 Å². The molecule has 0 aromatic heterocycles. The number of nitrogens with one attached hydrogen (secondary N) is 1. The van der Waals surface area contributed by atoms with Crippen LogP contribution in [0.3, 0.4) is 0 Å². The summed E-state index contributed by atoms with van der Waals surface area (Å²) >= 11 is 1.45. The molecule has 1 aromatic carbocycles. The number of rotatable bonds is 2. The van der Waals surface area contributed by atoms with Crippen LogP contribution in [0.4, 0.5) is 10.5 Å². The first-order chi connectivity index (χ1) is 9.40. The van der Waals surface area contributed by atoms with Gasteiger partial charge in [0, 0.05) is 11.4 Å². The number of urea groups is 1. The van der Waals surface area contributed by atoms with Gasteiger partial charge in [-0.2, -0.15) is 0 Å². The minimum absolute atomic E-state index is 0.350. The van der Waals surface area contributed by atoms with Gasteiger partial charge in [0.25, 0.3) is 0 Å². The second-order valence-corrected chi connectivity index (χ2v) is 6.03. The van der Waals surface area contributed by atoms with E-state index in [1.54, 1.807) is 0 Å². The molecule has 2 N–H and O–H groups in total. The highest BCUT2D eigenvalue weighted by Crippen LogP contribution is 2.25. The summed E-state index contributed by atoms with van der Waals surface area (Å²) in [7, 11) is 0. The van der Waals surface area contributed by atoms with E-state index < -0.39 is 12.0 Å². The number of carboxylic acid groups (broad SMARTS) is 1. The van der Waals surface area contributed by atoms with Gasteiger partial charge in [-0.15, -0.1) is 11.8 Å². The van der Waals surface area contributed by atoms with E-state index in [4.69, 9.17) is 5.11 Å². The summed E-state index contributed by atoms with van der Waals surface area (Å²) < 4.78 is 0. The van der Waals surface area contributed by atoms with Crippen LogP contribution in [0, 0.1) is 20.8 Å². The number of carboxylic acids is 1. The summed E-state index contributed by atoms with van der Waals surface area (Å²) in [4.78, 5) is 24.7. The van der Waals surface area contributed by atoms with Gasteiger partial charge in [0.15, 0.2) is 0 Å². The summed E-state index contributed by atoms with van der Waals surface area (Å²) in [6, 6.07) is 2.90. The minimum atomic E-state index is -0.956. The summed E-state index contributed by atoms with van der Waals surface area (Å²) in [5, 5.41) is 12.0. The molecular weight excluding hydrogens is 276 g/mol.